The van der Waals surface area contributed by atoms with Gasteiger partial charge in [-0.3, -0.25) is 19.8 Å². The van der Waals surface area contributed by atoms with Gasteiger partial charge in [-0.1, -0.05) is 31.9 Å². The summed E-state index contributed by atoms with van der Waals surface area (Å²) >= 11 is 0. The third kappa shape index (κ3) is 6.16. The summed E-state index contributed by atoms with van der Waals surface area (Å²) in [5, 5.41) is 2.41. The third-order valence-electron chi connectivity index (χ3n) is 5.17. The Morgan fingerprint density at radius 3 is 2.73 bits per heavy atom. The Kier molecular flexibility index (Phi) is 8.21. The Morgan fingerprint density at radius 1 is 1.35 bits per heavy atom. The molecule has 2 fully saturated rings. The molecule has 0 aromatic heterocycles. The fourth-order valence-corrected chi connectivity index (χ4v) is 3.46. The highest BCUT2D eigenvalue weighted by molar-refractivity contribution is 6.00. The van der Waals surface area contributed by atoms with Crippen LogP contribution in [0.4, 0.5) is 0 Å². The van der Waals surface area contributed by atoms with Gasteiger partial charge in [0.1, 0.15) is 6.73 Å². The van der Waals surface area contributed by atoms with Gasteiger partial charge < -0.3 is 15.2 Å². The number of amides is 2. The van der Waals surface area contributed by atoms with E-state index in [9.17, 15) is 9.59 Å². The quantitative estimate of drug-likeness (QED) is 0.366. The average molecular weight is 367 g/mol. The smallest absolute Gasteiger partial charge is 0.243 e. The Morgan fingerprint density at radius 2 is 2.08 bits per heavy atom. The molecule has 1 aliphatic heterocycles. The lowest BCUT2D eigenvalue weighted by atomic mass is 9.93. The fourth-order valence-electron chi connectivity index (χ4n) is 3.46. The molecule has 3 N–H and O–H groups in total. The maximum absolute atomic E-state index is 12.2. The van der Waals surface area contributed by atoms with Crippen LogP contribution in [0.1, 0.15) is 58.8 Å². The van der Waals surface area contributed by atoms with E-state index in [1.807, 2.05) is 18.7 Å². The lowest BCUT2D eigenvalue weighted by molar-refractivity contribution is -0.193. The fraction of sp³-hybridized carbons (Fsp3) is 0.789. The number of ether oxygens (including phenoxy) is 2. The van der Waals surface area contributed by atoms with Crippen LogP contribution in [-0.2, 0) is 19.1 Å². The largest absolute Gasteiger partial charge is 0.348 e. The molecule has 7 nitrogen and oxygen atoms in total. The van der Waals surface area contributed by atoms with Crippen LogP contribution in [0.25, 0.3) is 0 Å². The summed E-state index contributed by atoms with van der Waals surface area (Å²) in [7, 11) is 0. The lowest BCUT2D eigenvalue weighted by Crippen LogP contribution is -2.53. The van der Waals surface area contributed by atoms with Gasteiger partial charge in [0.2, 0.25) is 11.8 Å². The zero-order valence-electron chi connectivity index (χ0n) is 16.0. The molecule has 0 spiro atoms. The molecule has 1 saturated carbocycles. The Labute approximate surface area is 156 Å². The molecule has 1 heterocycles. The molecule has 1 saturated heterocycles. The second kappa shape index (κ2) is 10.2. The highest BCUT2D eigenvalue weighted by Crippen LogP contribution is 2.22. The van der Waals surface area contributed by atoms with E-state index in [1.165, 1.54) is 0 Å². The molecule has 0 radical (unpaired) electrons. The first kappa shape index (κ1) is 21.0. The second-order valence-electron chi connectivity index (χ2n) is 7.30. The van der Waals surface area contributed by atoms with Crippen molar-refractivity contribution in [1.82, 2.24) is 10.2 Å². The van der Waals surface area contributed by atoms with Crippen LogP contribution in [-0.4, -0.2) is 54.5 Å². The third-order valence-corrected chi connectivity index (χ3v) is 5.17. The Balaban J connectivity index is 1.90. The molecular formula is C19H33N3O4. The minimum absolute atomic E-state index is 0.0217. The van der Waals surface area contributed by atoms with E-state index in [1.54, 1.807) is 0 Å². The SMILES string of the molecule is C=C(CC)CN(COC(C)O[C@H]1CCCC[C@@H]1N)C1CCC(=O)NC1=O. The van der Waals surface area contributed by atoms with Crippen molar-refractivity contribution in [3.63, 3.8) is 0 Å². The number of hydrogen-bond acceptors (Lipinski definition) is 6. The molecular weight excluding hydrogens is 334 g/mol. The van der Waals surface area contributed by atoms with Crippen molar-refractivity contribution in [2.24, 2.45) is 5.73 Å². The van der Waals surface area contributed by atoms with Crippen molar-refractivity contribution in [3.8, 4) is 0 Å². The van der Waals surface area contributed by atoms with Gasteiger partial charge in [0.05, 0.1) is 12.1 Å². The van der Waals surface area contributed by atoms with Crippen molar-refractivity contribution in [2.45, 2.75) is 83.3 Å². The van der Waals surface area contributed by atoms with Crippen LogP contribution >= 0.6 is 0 Å². The highest BCUT2D eigenvalue weighted by atomic mass is 16.7. The summed E-state index contributed by atoms with van der Waals surface area (Å²) in [6.07, 6.45) is 5.50. The van der Waals surface area contributed by atoms with Crippen LogP contribution in [0.5, 0.6) is 0 Å². The Hall–Kier alpha value is -1.28. The number of nitrogens with two attached hydrogens (primary N) is 1. The van der Waals surface area contributed by atoms with Crippen molar-refractivity contribution in [3.05, 3.63) is 12.2 Å². The minimum Gasteiger partial charge on any atom is -0.348 e. The van der Waals surface area contributed by atoms with Gasteiger partial charge in [0.15, 0.2) is 6.29 Å². The second-order valence-corrected chi connectivity index (χ2v) is 7.30. The summed E-state index contributed by atoms with van der Waals surface area (Å²) in [5.41, 5.74) is 7.14. The van der Waals surface area contributed by atoms with E-state index in [2.05, 4.69) is 11.9 Å². The topological polar surface area (TPSA) is 93.9 Å². The van der Waals surface area contributed by atoms with Crippen LogP contribution < -0.4 is 11.1 Å². The van der Waals surface area contributed by atoms with Gasteiger partial charge in [-0.2, -0.15) is 0 Å². The molecule has 2 unspecified atom stereocenters. The number of carbonyl (C=O) groups excluding carboxylic acids is 2. The molecule has 1 aliphatic carbocycles. The maximum Gasteiger partial charge on any atom is 0.243 e. The number of nitrogens with zero attached hydrogens (tertiary/aromatic N) is 1. The van der Waals surface area contributed by atoms with Gasteiger partial charge in [0.25, 0.3) is 0 Å². The molecule has 7 heteroatoms. The molecule has 2 amide bonds. The zero-order chi connectivity index (χ0) is 19.1. The molecule has 2 aliphatic rings. The molecule has 4 atom stereocenters. The molecule has 0 aromatic rings. The van der Waals surface area contributed by atoms with Crippen molar-refractivity contribution >= 4 is 11.8 Å². The van der Waals surface area contributed by atoms with E-state index in [0.717, 1.165) is 37.7 Å². The first-order valence-electron chi connectivity index (χ1n) is 9.67. The zero-order valence-corrected chi connectivity index (χ0v) is 16.0. The average Bonchev–Trinajstić information content (AvgIpc) is 2.60. The number of hydrogen-bond donors (Lipinski definition) is 2. The molecule has 148 valence electrons. The van der Waals surface area contributed by atoms with Gasteiger partial charge in [-0.25, -0.2) is 0 Å². The first-order chi connectivity index (χ1) is 12.4. The normalized spacial score (nSPS) is 28.1. The van der Waals surface area contributed by atoms with Crippen LogP contribution in [0.3, 0.4) is 0 Å². The minimum atomic E-state index is -0.408. The number of nitrogens with one attached hydrogen (secondary N) is 1. The van der Waals surface area contributed by atoms with E-state index in [0.29, 0.717) is 19.4 Å². The molecule has 26 heavy (non-hydrogen) atoms. The standard InChI is InChI=1S/C19H33N3O4/c1-4-13(2)11-22(16-9-10-18(23)21-19(16)24)12-25-14(3)26-17-8-6-5-7-15(17)20/h14-17H,2,4-12,20H2,1,3H3,(H,21,23,24)/t14?,15-,16?,17-/m0/s1. The van der Waals surface area contributed by atoms with Gasteiger partial charge in [0, 0.05) is 19.0 Å². The predicted octanol–water partition coefficient (Wildman–Crippen LogP) is 1.67. The number of imide groups is 1. The first-order valence-corrected chi connectivity index (χ1v) is 9.67. The van der Waals surface area contributed by atoms with Crippen LogP contribution in [0.2, 0.25) is 0 Å². The van der Waals surface area contributed by atoms with E-state index in [-0.39, 0.29) is 36.7 Å². The highest BCUT2D eigenvalue weighted by Gasteiger charge is 2.32. The molecule has 2 rings (SSSR count). The maximum atomic E-state index is 12.2. The van der Waals surface area contributed by atoms with Gasteiger partial charge >= 0.3 is 0 Å². The van der Waals surface area contributed by atoms with E-state index >= 15 is 0 Å². The van der Waals surface area contributed by atoms with Crippen molar-refractivity contribution in [2.75, 3.05) is 13.3 Å². The Bertz CT molecular complexity index is 511. The number of rotatable bonds is 9. The van der Waals surface area contributed by atoms with Crippen molar-refractivity contribution < 1.29 is 19.1 Å². The summed E-state index contributed by atoms with van der Waals surface area (Å²) in [4.78, 5) is 25.5. The summed E-state index contributed by atoms with van der Waals surface area (Å²) in [5.74, 6) is -0.485. The summed E-state index contributed by atoms with van der Waals surface area (Å²) in [6, 6.07) is -0.332. The number of carbonyl (C=O) groups is 2. The van der Waals surface area contributed by atoms with E-state index in [4.69, 9.17) is 15.2 Å². The predicted molar refractivity (Wildman–Crippen MR) is 99.0 cm³/mol. The van der Waals surface area contributed by atoms with Crippen molar-refractivity contribution in [1.29, 1.82) is 0 Å². The number of piperidine rings is 1. The van der Waals surface area contributed by atoms with E-state index < -0.39 is 6.29 Å². The summed E-state index contributed by atoms with van der Waals surface area (Å²) in [6.45, 7) is 8.72. The summed E-state index contributed by atoms with van der Waals surface area (Å²) < 4.78 is 11.8. The van der Waals surface area contributed by atoms with Gasteiger partial charge in [-0.05, 0) is 32.6 Å². The van der Waals surface area contributed by atoms with Gasteiger partial charge in [-0.15, -0.1) is 0 Å². The lowest BCUT2D eigenvalue weighted by Gasteiger charge is -2.35. The van der Waals surface area contributed by atoms with Crippen LogP contribution in [0, 0.1) is 0 Å². The molecule has 0 aromatic carbocycles. The molecule has 0 bridgehead atoms. The van der Waals surface area contributed by atoms with Crippen LogP contribution in [0.15, 0.2) is 12.2 Å². The monoisotopic (exact) mass is 367 g/mol.